The highest BCUT2D eigenvalue weighted by molar-refractivity contribution is 7.99. The normalized spacial score (nSPS) is 11.0. The summed E-state index contributed by atoms with van der Waals surface area (Å²) >= 11 is 7.16. The van der Waals surface area contributed by atoms with Crippen molar-refractivity contribution in [2.24, 2.45) is 0 Å². The molecule has 2 heterocycles. The van der Waals surface area contributed by atoms with Crippen molar-refractivity contribution in [1.82, 2.24) is 14.5 Å². The fourth-order valence-electron chi connectivity index (χ4n) is 3.85. The van der Waals surface area contributed by atoms with E-state index in [-0.39, 0.29) is 17.1 Å². The number of aromatic amines is 1. The first kappa shape index (κ1) is 23.0. The van der Waals surface area contributed by atoms with Crippen LogP contribution in [0.1, 0.15) is 10.4 Å². The Kier molecular flexibility index (Phi) is 6.44. The fraction of sp³-hybridized carbons (Fsp3) is 0.0741. The number of hydrogen-bond donors (Lipinski definition) is 1. The molecule has 174 valence electrons. The summed E-state index contributed by atoms with van der Waals surface area (Å²) in [5.41, 5.74) is 3.50. The molecule has 0 aliphatic carbocycles. The van der Waals surface area contributed by atoms with Gasteiger partial charge in [0.15, 0.2) is 10.9 Å². The van der Waals surface area contributed by atoms with E-state index in [4.69, 9.17) is 21.3 Å². The number of aromatic nitrogens is 3. The third kappa shape index (κ3) is 4.48. The van der Waals surface area contributed by atoms with Gasteiger partial charge in [-0.2, -0.15) is 0 Å². The lowest BCUT2D eigenvalue weighted by molar-refractivity contribution is 0.102. The lowest BCUT2D eigenvalue weighted by atomic mass is 10.1. The van der Waals surface area contributed by atoms with Gasteiger partial charge in [-0.05, 0) is 42.0 Å². The van der Waals surface area contributed by atoms with E-state index in [1.165, 1.54) is 16.3 Å². The molecule has 6 nitrogen and oxygen atoms in total. The van der Waals surface area contributed by atoms with Crippen molar-refractivity contribution in [3.8, 4) is 22.6 Å². The Bertz CT molecular complexity index is 1580. The van der Waals surface area contributed by atoms with E-state index in [2.05, 4.69) is 4.98 Å². The van der Waals surface area contributed by atoms with E-state index in [0.29, 0.717) is 38.2 Å². The maximum absolute atomic E-state index is 13.7. The molecular weight excluding hydrogens is 482 g/mol. The van der Waals surface area contributed by atoms with Gasteiger partial charge in [-0.3, -0.25) is 9.59 Å². The van der Waals surface area contributed by atoms with Crippen molar-refractivity contribution in [3.05, 3.63) is 106 Å². The standard InChI is InChI=1S/C27H20ClN3O3S/c1-34-23-10-6-5-9-21(23)31-26(33)25-24(20(15-29-25)17-7-3-2-4-8-17)30-27(31)35-16-22(32)18-11-13-19(28)14-12-18/h2-15,29H,16H2,1H3. The number of rotatable bonds is 7. The molecule has 0 unspecified atom stereocenters. The van der Waals surface area contributed by atoms with Gasteiger partial charge in [0.2, 0.25) is 0 Å². The number of nitrogens with one attached hydrogen (secondary N) is 1. The molecule has 0 aliphatic rings. The van der Waals surface area contributed by atoms with Crippen molar-refractivity contribution < 1.29 is 9.53 Å². The minimum atomic E-state index is -0.275. The summed E-state index contributed by atoms with van der Waals surface area (Å²) in [5, 5.41) is 0.957. The number of nitrogens with zero attached hydrogens (tertiary/aromatic N) is 2. The van der Waals surface area contributed by atoms with Gasteiger partial charge in [-0.15, -0.1) is 0 Å². The molecule has 0 radical (unpaired) electrons. The van der Waals surface area contributed by atoms with Crippen molar-refractivity contribution in [2.75, 3.05) is 12.9 Å². The lowest BCUT2D eigenvalue weighted by Gasteiger charge is -2.15. The Labute approximate surface area is 210 Å². The molecule has 5 aromatic rings. The van der Waals surface area contributed by atoms with Gasteiger partial charge in [-0.25, -0.2) is 9.55 Å². The van der Waals surface area contributed by atoms with E-state index in [0.717, 1.165) is 11.1 Å². The van der Waals surface area contributed by atoms with E-state index in [1.807, 2.05) is 42.5 Å². The minimum Gasteiger partial charge on any atom is -0.495 e. The predicted octanol–water partition coefficient (Wildman–Crippen LogP) is 6.02. The van der Waals surface area contributed by atoms with Crippen LogP contribution in [0, 0.1) is 0 Å². The summed E-state index contributed by atoms with van der Waals surface area (Å²) in [7, 11) is 1.55. The Morgan fingerprint density at radius 1 is 1.03 bits per heavy atom. The van der Waals surface area contributed by atoms with Crippen LogP contribution in [-0.4, -0.2) is 33.2 Å². The average molecular weight is 502 g/mol. The first-order valence-electron chi connectivity index (χ1n) is 10.8. The topological polar surface area (TPSA) is 77.0 Å². The number of H-pyrrole nitrogens is 1. The number of hydrogen-bond acceptors (Lipinski definition) is 5. The molecule has 8 heteroatoms. The number of thioether (sulfide) groups is 1. The number of carbonyl (C=O) groups is 1. The largest absolute Gasteiger partial charge is 0.495 e. The zero-order chi connectivity index (χ0) is 24.4. The first-order chi connectivity index (χ1) is 17.1. The van der Waals surface area contributed by atoms with Gasteiger partial charge in [0, 0.05) is 22.3 Å². The highest BCUT2D eigenvalue weighted by atomic mass is 35.5. The highest BCUT2D eigenvalue weighted by Gasteiger charge is 2.20. The van der Waals surface area contributed by atoms with Crippen molar-refractivity contribution in [1.29, 1.82) is 0 Å². The van der Waals surface area contributed by atoms with Gasteiger partial charge in [0.05, 0.1) is 18.6 Å². The second-order valence-corrected chi connectivity index (χ2v) is 9.10. The Morgan fingerprint density at radius 2 is 1.74 bits per heavy atom. The molecule has 0 saturated carbocycles. The molecule has 0 saturated heterocycles. The maximum Gasteiger partial charge on any atom is 0.283 e. The first-order valence-corrected chi connectivity index (χ1v) is 12.2. The number of ketones is 1. The monoisotopic (exact) mass is 501 g/mol. The van der Waals surface area contributed by atoms with E-state index >= 15 is 0 Å². The van der Waals surface area contributed by atoms with Crippen LogP contribution < -0.4 is 10.3 Å². The number of methoxy groups -OCH3 is 1. The molecule has 0 atom stereocenters. The minimum absolute atomic E-state index is 0.0926. The zero-order valence-electron chi connectivity index (χ0n) is 18.7. The van der Waals surface area contributed by atoms with Gasteiger partial charge >= 0.3 is 0 Å². The second-order valence-electron chi connectivity index (χ2n) is 7.72. The smallest absolute Gasteiger partial charge is 0.283 e. The summed E-state index contributed by atoms with van der Waals surface area (Å²) in [6.07, 6.45) is 1.79. The zero-order valence-corrected chi connectivity index (χ0v) is 20.3. The number of para-hydroxylation sites is 2. The van der Waals surface area contributed by atoms with E-state index in [1.54, 1.807) is 49.7 Å². The van der Waals surface area contributed by atoms with E-state index < -0.39 is 0 Å². The molecule has 1 N–H and O–H groups in total. The number of ether oxygens (including phenoxy) is 1. The van der Waals surface area contributed by atoms with Crippen LogP contribution in [0.15, 0.2) is 95.0 Å². The predicted molar refractivity (Wildman–Crippen MR) is 140 cm³/mol. The average Bonchev–Trinajstić information content (AvgIpc) is 3.32. The van der Waals surface area contributed by atoms with Gasteiger partial charge in [0.25, 0.3) is 5.56 Å². The fourth-order valence-corrected chi connectivity index (χ4v) is 4.87. The Morgan fingerprint density at radius 3 is 2.49 bits per heavy atom. The summed E-state index contributed by atoms with van der Waals surface area (Å²) in [6, 6.07) is 23.7. The highest BCUT2D eigenvalue weighted by Crippen LogP contribution is 2.31. The number of carbonyl (C=O) groups excluding carboxylic acids is 1. The van der Waals surface area contributed by atoms with Crippen LogP contribution in [0.25, 0.3) is 27.8 Å². The number of Topliss-reactive ketones (excluding diaryl/α,β-unsaturated/α-hetero) is 1. The van der Waals surface area contributed by atoms with Crippen molar-refractivity contribution in [3.63, 3.8) is 0 Å². The Balaban J connectivity index is 1.64. The number of benzene rings is 3. The van der Waals surface area contributed by atoms with Crippen LogP contribution in [0.3, 0.4) is 0 Å². The Hall–Kier alpha value is -3.81. The molecule has 3 aromatic carbocycles. The van der Waals surface area contributed by atoms with Crippen LogP contribution in [0.2, 0.25) is 5.02 Å². The summed E-state index contributed by atoms with van der Waals surface area (Å²) in [4.78, 5) is 34.6. The molecule has 35 heavy (non-hydrogen) atoms. The molecule has 0 amide bonds. The SMILES string of the molecule is COc1ccccc1-n1c(SCC(=O)c2ccc(Cl)cc2)nc2c(-c3ccccc3)c[nH]c2c1=O. The third-order valence-corrected chi connectivity index (χ3v) is 6.77. The molecule has 0 aliphatic heterocycles. The van der Waals surface area contributed by atoms with Crippen LogP contribution in [0.4, 0.5) is 0 Å². The van der Waals surface area contributed by atoms with Crippen LogP contribution in [-0.2, 0) is 0 Å². The molecular formula is C27H20ClN3O3S. The maximum atomic E-state index is 13.7. The third-order valence-electron chi connectivity index (χ3n) is 5.58. The van der Waals surface area contributed by atoms with Crippen LogP contribution >= 0.6 is 23.4 Å². The van der Waals surface area contributed by atoms with Crippen molar-refractivity contribution >= 4 is 40.2 Å². The summed E-state index contributed by atoms with van der Waals surface area (Å²) in [6.45, 7) is 0. The van der Waals surface area contributed by atoms with Crippen molar-refractivity contribution in [2.45, 2.75) is 5.16 Å². The quantitative estimate of drug-likeness (QED) is 0.168. The number of halogens is 1. The summed E-state index contributed by atoms with van der Waals surface area (Å²) < 4.78 is 7.01. The second kappa shape index (κ2) is 9.82. The van der Waals surface area contributed by atoms with Gasteiger partial charge in [0.1, 0.15) is 16.8 Å². The van der Waals surface area contributed by atoms with E-state index in [9.17, 15) is 9.59 Å². The number of fused-ring (bicyclic) bond motifs is 1. The molecule has 0 bridgehead atoms. The molecule has 2 aromatic heterocycles. The van der Waals surface area contributed by atoms with Crippen LogP contribution in [0.5, 0.6) is 5.75 Å². The molecule has 5 rings (SSSR count). The lowest BCUT2D eigenvalue weighted by Crippen LogP contribution is -2.23. The molecule has 0 spiro atoms. The molecule has 0 fully saturated rings. The van der Waals surface area contributed by atoms with Gasteiger partial charge in [-0.1, -0.05) is 65.8 Å². The summed E-state index contributed by atoms with van der Waals surface area (Å²) in [5.74, 6) is 0.529. The van der Waals surface area contributed by atoms with Gasteiger partial charge < -0.3 is 9.72 Å².